The highest BCUT2D eigenvalue weighted by Crippen LogP contribution is 2.33. The number of hydrogen-bond acceptors (Lipinski definition) is 6. The Balaban J connectivity index is 1.95. The number of phenolic OH excluding ortho intramolecular Hbond substituents is 4. The Labute approximate surface area is 130 Å². The van der Waals surface area contributed by atoms with Crippen LogP contribution in [0.4, 0.5) is 0 Å². The first-order chi connectivity index (χ1) is 10.9. The first kappa shape index (κ1) is 14.5. The molecule has 3 rings (SSSR count). The number of carbonyl (C=O) groups is 1. The quantitative estimate of drug-likeness (QED) is 0.385. The van der Waals surface area contributed by atoms with Gasteiger partial charge in [0.05, 0.1) is 5.57 Å². The van der Waals surface area contributed by atoms with Gasteiger partial charge in [0.15, 0.2) is 23.0 Å². The number of benzene rings is 2. The Morgan fingerprint density at radius 1 is 0.826 bits per heavy atom. The van der Waals surface area contributed by atoms with E-state index in [0.29, 0.717) is 11.1 Å². The molecule has 6 heteroatoms. The number of aromatic hydroxyl groups is 4. The van der Waals surface area contributed by atoms with E-state index in [0.717, 1.165) is 0 Å². The zero-order valence-corrected chi connectivity index (χ0v) is 11.7. The van der Waals surface area contributed by atoms with E-state index in [1.165, 1.54) is 48.6 Å². The molecule has 4 N–H and O–H groups in total. The molecule has 0 atom stereocenters. The Morgan fingerprint density at radius 3 is 2.13 bits per heavy atom. The fourth-order valence-electron chi connectivity index (χ4n) is 2.12. The minimum absolute atomic E-state index is 0.236. The highest BCUT2D eigenvalue weighted by atomic mass is 16.5. The highest BCUT2D eigenvalue weighted by molar-refractivity contribution is 6.05. The minimum atomic E-state index is -0.583. The molecular formula is C17H12O6. The first-order valence-electron chi connectivity index (χ1n) is 6.64. The van der Waals surface area contributed by atoms with Gasteiger partial charge in [-0.1, -0.05) is 6.07 Å². The van der Waals surface area contributed by atoms with Crippen molar-refractivity contribution >= 4 is 17.8 Å². The molecule has 0 bridgehead atoms. The predicted molar refractivity (Wildman–Crippen MR) is 81.6 cm³/mol. The van der Waals surface area contributed by atoms with Gasteiger partial charge in [0.1, 0.15) is 5.76 Å². The second kappa shape index (κ2) is 5.42. The van der Waals surface area contributed by atoms with Crippen molar-refractivity contribution in [3.05, 3.63) is 59.2 Å². The molecule has 0 aromatic heterocycles. The van der Waals surface area contributed by atoms with Crippen molar-refractivity contribution in [1.82, 2.24) is 0 Å². The Kier molecular flexibility index (Phi) is 3.42. The summed E-state index contributed by atoms with van der Waals surface area (Å²) in [5, 5.41) is 37.5. The van der Waals surface area contributed by atoms with E-state index in [1.54, 1.807) is 0 Å². The number of ether oxygens (including phenoxy) is 1. The lowest BCUT2D eigenvalue weighted by Gasteiger charge is -2.03. The lowest BCUT2D eigenvalue weighted by Crippen LogP contribution is -1.97. The van der Waals surface area contributed by atoms with Crippen molar-refractivity contribution < 1.29 is 30.0 Å². The summed E-state index contributed by atoms with van der Waals surface area (Å²) in [5.74, 6) is -1.48. The average Bonchev–Trinajstić information content (AvgIpc) is 2.87. The summed E-state index contributed by atoms with van der Waals surface area (Å²) >= 11 is 0. The summed E-state index contributed by atoms with van der Waals surface area (Å²) in [6.07, 6.45) is 2.98. The van der Waals surface area contributed by atoms with E-state index in [4.69, 9.17) is 4.74 Å². The average molecular weight is 312 g/mol. The number of carbonyl (C=O) groups excluding carboxylic acids is 1. The van der Waals surface area contributed by atoms with E-state index in [-0.39, 0.29) is 34.3 Å². The van der Waals surface area contributed by atoms with E-state index >= 15 is 0 Å². The molecule has 0 saturated heterocycles. The smallest absolute Gasteiger partial charge is 0.343 e. The third-order valence-electron chi connectivity index (χ3n) is 3.31. The van der Waals surface area contributed by atoms with E-state index in [9.17, 15) is 25.2 Å². The number of phenols is 4. The third-order valence-corrected chi connectivity index (χ3v) is 3.31. The maximum atomic E-state index is 11.9. The molecule has 116 valence electrons. The number of cyclic esters (lactones) is 1. The number of esters is 1. The summed E-state index contributed by atoms with van der Waals surface area (Å²) in [6, 6.07) is 8.23. The third kappa shape index (κ3) is 2.82. The van der Waals surface area contributed by atoms with Gasteiger partial charge in [-0.05, 0) is 48.0 Å². The van der Waals surface area contributed by atoms with Crippen LogP contribution in [0.2, 0.25) is 0 Å². The van der Waals surface area contributed by atoms with Crippen LogP contribution >= 0.6 is 0 Å². The molecule has 23 heavy (non-hydrogen) atoms. The molecule has 0 fully saturated rings. The fraction of sp³-hybridized carbons (Fsp3) is 0. The number of rotatable bonds is 2. The molecule has 0 aliphatic carbocycles. The van der Waals surface area contributed by atoms with Crippen molar-refractivity contribution in [2.24, 2.45) is 0 Å². The van der Waals surface area contributed by atoms with Gasteiger partial charge in [0.25, 0.3) is 0 Å². The molecule has 1 aliphatic rings. The minimum Gasteiger partial charge on any atom is -0.504 e. The van der Waals surface area contributed by atoms with Gasteiger partial charge in [0.2, 0.25) is 0 Å². The topological polar surface area (TPSA) is 107 Å². The van der Waals surface area contributed by atoms with Gasteiger partial charge < -0.3 is 25.2 Å². The monoisotopic (exact) mass is 312 g/mol. The molecular weight excluding hydrogens is 300 g/mol. The molecule has 0 spiro atoms. The van der Waals surface area contributed by atoms with Gasteiger partial charge in [-0.2, -0.15) is 0 Å². The molecule has 1 heterocycles. The molecule has 1 aliphatic heterocycles. The van der Waals surface area contributed by atoms with Gasteiger partial charge in [-0.3, -0.25) is 0 Å². The standard InChI is InChI=1S/C17H12O6/c18-12-3-1-9(6-14(12)20)5-11-8-16(23-17(11)22)10-2-4-13(19)15(21)7-10/h1-8,18-21H/b11-5-. The second-order valence-corrected chi connectivity index (χ2v) is 4.95. The Morgan fingerprint density at radius 2 is 1.48 bits per heavy atom. The summed E-state index contributed by atoms with van der Waals surface area (Å²) < 4.78 is 5.13. The predicted octanol–water partition coefficient (Wildman–Crippen LogP) is 2.49. The normalized spacial score (nSPS) is 15.6. The van der Waals surface area contributed by atoms with E-state index in [1.807, 2.05) is 0 Å². The van der Waals surface area contributed by atoms with Crippen LogP contribution in [-0.2, 0) is 9.53 Å². The lowest BCUT2D eigenvalue weighted by molar-refractivity contribution is -0.130. The summed E-state index contributed by atoms with van der Waals surface area (Å²) in [7, 11) is 0. The van der Waals surface area contributed by atoms with Crippen LogP contribution in [0.5, 0.6) is 23.0 Å². The summed E-state index contributed by atoms with van der Waals surface area (Å²) in [6.45, 7) is 0. The van der Waals surface area contributed by atoms with Crippen LogP contribution in [0.1, 0.15) is 11.1 Å². The molecule has 0 unspecified atom stereocenters. The van der Waals surface area contributed by atoms with Crippen molar-refractivity contribution in [3.63, 3.8) is 0 Å². The molecule has 2 aromatic rings. The van der Waals surface area contributed by atoms with Gasteiger partial charge in [-0.15, -0.1) is 0 Å². The zero-order chi connectivity index (χ0) is 16.6. The van der Waals surface area contributed by atoms with Crippen LogP contribution < -0.4 is 0 Å². The Bertz CT molecular complexity index is 863. The zero-order valence-electron chi connectivity index (χ0n) is 11.7. The SMILES string of the molecule is O=C1OC(c2ccc(O)c(O)c2)=C/C1=C/c1ccc(O)c(O)c1. The molecule has 6 nitrogen and oxygen atoms in total. The van der Waals surface area contributed by atoms with Crippen LogP contribution in [0.3, 0.4) is 0 Å². The van der Waals surface area contributed by atoms with E-state index < -0.39 is 5.97 Å². The van der Waals surface area contributed by atoms with E-state index in [2.05, 4.69) is 0 Å². The van der Waals surface area contributed by atoms with Crippen LogP contribution in [0.25, 0.3) is 11.8 Å². The van der Waals surface area contributed by atoms with Gasteiger partial charge >= 0.3 is 5.97 Å². The maximum absolute atomic E-state index is 11.9. The first-order valence-corrected chi connectivity index (χ1v) is 6.64. The van der Waals surface area contributed by atoms with Crippen LogP contribution in [0, 0.1) is 0 Å². The second-order valence-electron chi connectivity index (χ2n) is 4.95. The summed E-state index contributed by atoms with van der Waals surface area (Å²) in [5.41, 5.74) is 1.20. The van der Waals surface area contributed by atoms with Crippen LogP contribution in [-0.4, -0.2) is 26.4 Å². The van der Waals surface area contributed by atoms with Crippen LogP contribution in [0.15, 0.2) is 48.0 Å². The van der Waals surface area contributed by atoms with Crippen molar-refractivity contribution in [2.45, 2.75) is 0 Å². The number of hydrogen-bond donors (Lipinski definition) is 4. The van der Waals surface area contributed by atoms with Crippen molar-refractivity contribution in [1.29, 1.82) is 0 Å². The Hall–Kier alpha value is -3.41. The maximum Gasteiger partial charge on any atom is 0.343 e. The largest absolute Gasteiger partial charge is 0.504 e. The van der Waals surface area contributed by atoms with Gasteiger partial charge in [-0.25, -0.2) is 4.79 Å². The lowest BCUT2D eigenvalue weighted by atomic mass is 10.1. The molecule has 0 amide bonds. The molecule has 0 radical (unpaired) electrons. The highest BCUT2D eigenvalue weighted by Gasteiger charge is 2.22. The van der Waals surface area contributed by atoms with Gasteiger partial charge in [0, 0.05) is 5.56 Å². The summed E-state index contributed by atoms with van der Waals surface area (Å²) in [4.78, 5) is 11.9. The molecule has 2 aromatic carbocycles. The van der Waals surface area contributed by atoms with Crippen molar-refractivity contribution in [2.75, 3.05) is 0 Å². The van der Waals surface area contributed by atoms with Crippen molar-refractivity contribution in [3.8, 4) is 23.0 Å². The molecule has 0 saturated carbocycles. The fourth-order valence-corrected chi connectivity index (χ4v) is 2.12.